The summed E-state index contributed by atoms with van der Waals surface area (Å²) in [5.74, 6) is 0.715. The molecule has 0 N–H and O–H groups in total. The van der Waals surface area contributed by atoms with Crippen molar-refractivity contribution in [2.75, 3.05) is 0 Å². The van der Waals surface area contributed by atoms with Crippen molar-refractivity contribution in [1.82, 2.24) is 19.7 Å². The summed E-state index contributed by atoms with van der Waals surface area (Å²) in [4.78, 5) is 8.43. The molecule has 4 aromatic rings. The maximum Gasteiger partial charge on any atom is 0.222 e. The second-order valence-electron chi connectivity index (χ2n) is 5.88. The maximum atomic E-state index is 13.0. The Balaban J connectivity index is 1.55. The summed E-state index contributed by atoms with van der Waals surface area (Å²) in [6.45, 7) is 2.46. The van der Waals surface area contributed by atoms with Crippen LogP contribution in [0.4, 0.5) is 4.39 Å². The first-order chi connectivity index (χ1) is 12.6. The number of halogens is 2. The van der Waals surface area contributed by atoms with E-state index in [0.717, 1.165) is 22.0 Å². The van der Waals surface area contributed by atoms with E-state index in [2.05, 4.69) is 15.1 Å². The minimum atomic E-state index is -0.306. The standard InChI is InChI=1S/C19H14ClFN4O/c1-12-8-13(9-23-19(12)26-15-4-2-14(21)3-5-15)10-25-11-16-17(24-25)6-7-22-18(16)20/h2-9,11H,10H2,1H3. The summed E-state index contributed by atoms with van der Waals surface area (Å²) in [5, 5.41) is 5.75. The highest BCUT2D eigenvalue weighted by Crippen LogP contribution is 2.24. The fourth-order valence-electron chi connectivity index (χ4n) is 2.66. The van der Waals surface area contributed by atoms with Gasteiger partial charge in [-0.3, -0.25) is 4.68 Å². The van der Waals surface area contributed by atoms with Gasteiger partial charge in [0.15, 0.2) is 0 Å². The van der Waals surface area contributed by atoms with Crippen LogP contribution in [0.1, 0.15) is 11.1 Å². The van der Waals surface area contributed by atoms with Crippen molar-refractivity contribution in [3.05, 3.63) is 77.1 Å². The highest BCUT2D eigenvalue weighted by atomic mass is 35.5. The van der Waals surface area contributed by atoms with E-state index in [1.54, 1.807) is 29.2 Å². The number of aryl methyl sites for hydroxylation is 1. The molecule has 0 aliphatic heterocycles. The Hall–Kier alpha value is -2.99. The third-order valence-electron chi connectivity index (χ3n) is 3.89. The number of pyridine rings is 2. The van der Waals surface area contributed by atoms with Gasteiger partial charge in [-0.25, -0.2) is 14.4 Å². The van der Waals surface area contributed by atoms with Gasteiger partial charge in [0.25, 0.3) is 0 Å². The van der Waals surface area contributed by atoms with Crippen molar-refractivity contribution in [1.29, 1.82) is 0 Å². The highest BCUT2D eigenvalue weighted by Gasteiger charge is 2.08. The van der Waals surface area contributed by atoms with E-state index in [9.17, 15) is 4.39 Å². The molecule has 3 heterocycles. The summed E-state index contributed by atoms with van der Waals surface area (Å²) in [7, 11) is 0. The van der Waals surface area contributed by atoms with Gasteiger partial charge >= 0.3 is 0 Å². The largest absolute Gasteiger partial charge is 0.439 e. The minimum absolute atomic E-state index is 0.306. The molecule has 0 atom stereocenters. The SMILES string of the molecule is Cc1cc(Cn2cc3c(Cl)nccc3n2)cnc1Oc1ccc(F)cc1. The number of hydrogen-bond acceptors (Lipinski definition) is 4. The molecule has 5 nitrogen and oxygen atoms in total. The number of rotatable bonds is 4. The van der Waals surface area contributed by atoms with E-state index in [0.29, 0.717) is 23.3 Å². The van der Waals surface area contributed by atoms with Gasteiger partial charge in [-0.2, -0.15) is 5.10 Å². The van der Waals surface area contributed by atoms with Crippen LogP contribution in [0.15, 0.2) is 55.0 Å². The normalized spacial score (nSPS) is 11.0. The van der Waals surface area contributed by atoms with Crippen molar-refractivity contribution in [2.45, 2.75) is 13.5 Å². The smallest absolute Gasteiger partial charge is 0.222 e. The molecule has 0 radical (unpaired) electrons. The number of nitrogens with zero attached hydrogens (tertiary/aromatic N) is 4. The first-order valence-corrected chi connectivity index (χ1v) is 8.33. The zero-order chi connectivity index (χ0) is 18.1. The van der Waals surface area contributed by atoms with E-state index < -0.39 is 0 Å². The lowest BCUT2D eigenvalue weighted by Gasteiger charge is -2.09. The quantitative estimate of drug-likeness (QED) is 0.487. The average Bonchev–Trinajstić information content (AvgIpc) is 3.03. The van der Waals surface area contributed by atoms with Crippen LogP contribution in [0.2, 0.25) is 5.15 Å². The summed E-state index contributed by atoms with van der Waals surface area (Å²) < 4.78 is 20.5. The predicted octanol–water partition coefficient (Wildman–Crippen LogP) is 4.77. The lowest BCUT2D eigenvalue weighted by molar-refractivity contribution is 0.456. The van der Waals surface area contributed by atoms with E-state index in [1.807, 2.05) is 25.3 Å². The van der Waals surface area contributed by atoms with Crippen molar-refractivity contribution in [3.8, 4) is 11.6 Å². The highest BCUT2D eigenvalue weighted by molar-refractivity contribution is 6.34. The Kier molecular flexibility index (Phi) is 4.26. The van der Waals surface area contributed by atoms with Crippen LogP contribution in [-0.2, 0) is 6.54 Å². The Morgan fingerprint density at radius 3 is 2.69 bits per heavy atom. The third-order valence-corrected chi connectivity index (χ3v) is 4.19. The molecule has 3 aromatic heterocycles. The van der Waals surface area contributed by atoms with Crippen LogP contribution in [0.5, 0.6) is 11.6 Å². The number of fused-ring (bicyclic) bond motifs is 1. The summed E-state index contributed by atoms with van der Waals surface area (Å²) in [6, 6.07) is 9.64. The lowest BCUT2D eigenvalue weighted by atomic mass is 10.2. The fourth-order valence-corrected chi connectivity index (χ4v) is 2.86. The van der Waals surface area contributed by atoms with Gasteiger partial charge < -0.3 is 4.74 Å². The van der Waals surface area contributed by atoms with Gasteiger partial charge in [0.05, 0.1) is 17.4 Å². The first-order valence-electron chi connectivity index (χ1n) is 7.95. The van der Waals surface area contributed by atoms with Gasteiger partial charge in [-0.05, 0) is 48.9 Å². The van der Waals surface area contributed by atoms with E-state index >= 15 is 0 Å². The summed E-state index contributed by atoms with van der Waals surface area (Å²) in [5.41, 5.74) is 2.65. The van der Waals surface area contributed by atoms with Crippen molar-refractivity contribution in [3.63, 3.8) is 0 Å². The molecule has 7 heteroatoms. The van der Waals surface area contributed by atoms with E-state index in [-0.39, 0.29) is 5.82 Å². The second-order valence-corrected chi connectivity index (χ2v) is 6.24. The molecule has 0 aliphatic carbocycles. The van der Waals surface area contributed by atoms with Crippen LogP contribution < -0.4 is 4.74 Å². The molecule has 0 unspecified atom stereocenters. The topological polar surface area (TPSA) is 52.8 Å². The molecule has 4 rings (SSSR count). The maximum absolute atomic E-state index is 13.0. The number of hydrogen-bond donors (Lipinski definition) is 0. The first kappa shape index (κ1) is 16.5. The zero-order valence-corrected chi connectivity index (χ0v) is 14.6. The Morgan fingerprint density at radius 2 is 1.96 bits per heavy atom. The molecule has 0 bridgehead atoms. The molecule has 0 saturated heterocycles. The molecule has 0 saturated carbocycles. The van der Waals surface area contributed by atoms with E-state index in [4.69, 9.17) is 16.3 Å². The van der Waals surface area contributed by atoms with Crippen molar-refractivity contribution >= 4 is 22.5 Å². The summed E-state index contributed by atoms with van der Waals surface area (Å²) in [6.07, 6.45) is 5.23. The number of ether oxygens (including phenoxy) is 1. The van der Waals surface area contributed by atoms with Crippen LogP contribution in [0.25, 0.3) is 10.9 Å². The zero-order valence-electron chi connectivity index (χ0n) is 13.9. The lowest BCUT2D eigenvalue weighted by Crippen LogP contribution is -2.02. The fraction of sp³-hybridized carbons (Fsp3) is 0.105. The number of aromatic nitrogens is 4. The van der Waals surface area contributed by atoms with Gasteiger partial charge in [-0.15, -0.1) is 0 Å². The Bertz CT molecular complexity index is 1080. The van der Waals surface area contributed by atoms with Crippen molar-refractivity contribution in [2.24, 2.45) is 0 Å². The second kappa shape index (κ2) is 6.72. The predicted molar refractivity (Wildman–Crippen MR) is 97.1 cm³/mol. The molecule has 0 spiro atoms. The molecule has 1 aromatic carbocycles. The molecular weight excluding hydrogens is 355 g/mol. The van der Waals surface area contributed by atoms with Crippen LogP contribution in [0.3, 0.4) is 0 Å². The van der Waals surface area contributed by atoms with Gasteiger partial charge in [-0.1, -0.05) is 11.6 Å². The minimum Gasteiger partial charge on any atom is -0.439 e. The number of benzene rings is 1. The Morgan fingerprint density at radius 1 is 1.15 bits per heavy atom. The van der Waals surface area contributed by atoms with Crippen LogP contribution in [0, 0.1) is 12.7 Å². The third kappa shape index (κ3) is 3.36. The molecule has 0 amide bonds. The van der Waals surface area contributed by atoms with Gasteiger partial charge in [0.1, 0.15) is 16.7 Å². The molecular formula is C19H14ClFN4O. The van der Waals surface area contributed by atoms with E-state index in [1.165, 1.54) is 12.1 Å². The van der Waals surface area contributed by atoms with Crippen molar-refractivity contribution < 1.29 is 9.13 Å². The molecule has 26 heavy (non-hydrogen) atoms. The summed E-state index contributed by atoms with van der Waals surface area (Å²) >= 11 is 6.09. The molecule has 130 valence electrons. The van der Waals surface area contributed by atoms with Gasteiger partial charge in [0.2, 0.25) is 5.88 Å². The van der Waals surface area contributed by atoms with Crippen LogP contribution in [-0.4, -0.2) is 19.7 Å². The molecule has 0 aliphatic rings. The average molecular weight is 369 g/mol. The van der Waals surface area contributed by atoms with Crippen LogP contribution >= 0.6 is 11.6 Å². The van der Waals surface area contributed by atoms with Gasteiger partial charge in [0, 0.05) is 24.2 Å². The Labute approximate surface area is 154 Å². The molecule has 0 fully saturated rings. The monoisotopic (exact) mass is 368 g/mol.